The first-order valence-electron chi connectivity index (χ1n) is 7.56. The third-order valence-corrected chi connectivity index (χ3v) is 5.24. The third-order valence-electron chi connectivity index (χ3n) is 5.24. The van der Waals surface area contributed by atoms with Gasteiger partial charge in [-0.2, -0.15) is 0 Å². The van der Waals surface area contributed by atoms with Crippen LogP contribution in [0.2, 0.25) is 0 Å². The van der Waals surface area contributed by atoms with E-state index in [2.05, 4.69) is 44.0 Å². The van der Waals surface area contributed by atoms with E-state index in [9.17, 15) is 5.11 Å². The quantitative estimate of drug-likeness (QED) is 0.897. The van der Waals surface area contributed by atoms with Crippen LogP contribution in [0, 0.1) is 13.8 Å². The summed E-state index contributed by atoms with van der Waals surface area (Å²) < 4.78 is 5.64. The molecule has 0 spiro atoms. The average molecular weight is 275 g/mol. The van der Waals surface area contributed by atoms with Gasteiger partial charge in [0.2, 0.25) is 0 Å². The molecule has 1 aromatic rings. The standard InChI is InChI=1S/C17H25NO2/c1-12-5-4-6-14(13(12)2)7-17(19)8-15-10-20-11-16(9-17)18(15)3/h4-6,15-16,19H,7-11H2,1-3H3. The first kappa shape index (κ1) is 14.1. The predicted octanol–water partition coefficient (Wildman–Crippen LogP) is 2.07. The van der Waals surface area contributed by atoms with Gasteiger partial charge in [-0.15, -0.1) is 0 Å². The molecule has 2 aliphatic rings. The van der Waals surface area contributed by atoms with Crippen LogP contribution in [-0.2, 0) is 11.2 Å². The van der Waals surface area contributed by atoms with Crippen LogP contribution in [0.3, 0.4) is 0 Å². The molecule has 20 heavy (non-hydrogen) atoms. The van der Waals surface area contributed by atoms with Gasteiger partial charge in [0, 0.05) is 18.5 Å². The Balaban J connectivity index is 1.81. The van der Waals surface area contributed by atoms with E-state index < -0.39 is 5.60 Å². The van der Waals surface area contributed by atoms with Gasteiger partial charge in [0.1, 0.15) is 0 Å². The van der Waals surface area contributed by atoms with Crippen molar-refractivity contribution >= 4 is 0 Å². The van der Waals surface area contributed by atoms with Crippen molar-refractivity contribution in [2.45, 2.75) is 50.8 Å². The summed E-state index contributed by atoms with van der Waals surface area (Å²) in [6, 6.07) is 7.11. The third kappa shape index (κ3) is 2.50. The van der Waals surface area contributed by atoms with Crippen molar-refractivity contribution < 1.29 is 9.84 Å². The molecule has 1 N–H and O–H groups in total. The molecule has 2 heterocycles. The van der Waals surface area contributed by atoms with Gasteiger partial charge in [-0.25, -0.2) is 0 Å². The Kier molecular flexibility index (Phi) is 3.61. The molecule has 3 rings (SSSR count). The van der Waals surface area contributed by atoms with E-state index in [0.717, 1.165) is 32.5 Å². The average Bonchev–Trinajstić information content (AvgIpc) is 2.37. The van der Waals surface area contributed by atoms with Crippen LogP contribution >= 0.6 is 0 Å². The fraction of sp³-hybridized carbons (Fsp3) is 0.647. The normalized spacial score (nSPS) is 34.2. The molecule has 2 bridgehead atoms. The van der Waals surface area contributed by atoms with Gasteiger partial charge in [0.05, 0.1) is 18.8 Å². The van der Waals surface area contributed by atoms with E-state index in [1.807, 2.05) is 0 Å². The molecule has 2 fully saturated rings. The van der Waals surface area contributed by atoms with Gasteiger partial charge in [-0.1, -0.05) is 18.2 Å². The summed E-state index contributed by atoms with van der Waals surface area (Å²) >= 11 is 0. The van der Waals surface area contributed by atoms with Crippen molar-refractivity contribution in [2.75, 3.05) is 20.3 Å². The molecular formula is C17H25NO2. The largest absolute Gasteiger partial charge is 0.389 e. The zero-order valence-corrected chi connectivity index (χ0v) is 12.7. The lowest BCUT2D eigenvalue weighted by molar-refractivity contribution is -0.133. The highest BCUT2D eigenvalue weighted by Crippen LogP contribution is 2.36. The highest BCUT2D eigenvalue weighted by Gasteiger charge is 2.44. The minimum atomic E-state index is -0.579. The molecule has 3 nitrogen and oxygen atoms in total. The maximum absolute atomic E-state index is 11.1. The monoisotopic (exact) mass is 275 g/mol. The molecule has 2 saturated heterocycles. The number of aliphatic hydroxyl groups is 1. The second-order valence-electron chi connectivity index (χ2n) is 6.68. The summed E-state index contributed by atoms with van der Waals surface area (Å²) in [6.07, 6.45) is 2.39. The first-order valence-corrected chi connectivity index (χ1v) is 7.56. The number of ether oxygens (including phenoxy) is 1. The number of nitrogens with zero attached hydrogens (tertiary/aromatic N) is 1. The number of fused-ring (bicyclic) bond motifs is 2. The molecule has 0 aliphatic carbocycles. The maximum Gasteiger partial charge on any atom is 0.0719 e. The SMILES string of the molecule is Cc1cccc(CC2(O)CC3COCC(C2)N3C)c1C. The molecule has 2 aliphatic heterocycles. The molecule has 110 valence electrons. The molecule has 2 atom stereocenters. The lowest BCUT2D eigenvalue weighted by atomic mass is 9.77. The highest BCUT2D eigenvalue weighted by molar-refractivity contribution is 5.34. The molecule has 1 aromatic carbocycles. The van der Waals surface area contributed by atoms with Gasteiger partial charge in [-0.3, -0.25) is 4.90 Å². The van der Waals surface area contributed by atoms with Crippen LogP contribution in [0.15, 0.2) is 18.2 Å². The van der Waals surface area contributed by atoms with Crippen molar-refractivity contribution in [1.82, 2.24) is 4.90 Å². The van der Waals surface area contributed by atoms with Crippen molar-refractivity contribution in [3.63, 3.8) is 0 Å². The zero-order chi connectivity index (χ0) is 14.3. The number of aryl methyl sites for hydroxylation is 1. The van der Waals surface area contributed by atoms with E-state index in [0.29, 0.717) is 12.1 Å². The number of hydrogen-bond acceptors (Lipinski definition) is 3. The topological polar surface area (TPSA) is 32.7 Å². The van der Waals surface area contributed by atoms with Gasteiger partial charge >= 0.3 is 0 Å². The van der Waals surface area contributed by atoms with Crippen LogP contribution < -0.4 is 0 Å². The van der Waals surface area contributed by atoms with E-state index in [1.54, 1.807) is 0 Å². The maximum atomic E-state index is 11.1. The number of likely N-dealkylation sites (N-methyl/N-ethyl adjacent to an activating group) is 1. The second kappa shape index (κ2) is 5.14. The van der Waals surface area contributed by atoms with Crippen LogP contribution in [0.1, 0.15) is 29.5 Å². The minimum Gasteiger partial charge on any atom is -0.389 e. The lowest BCUT2D eigenvalue weighted by Gasteiger charge is -2.50. The molecular weight excluding hydrogens is 250 g/mol. The summed E-state index contributed by atoms with van der Waals surface area (Å²) in [7, 11) is 2.16. The summed E-state index contributed by atoms with van der Waals surface area (Å²) in [6.45, 7) is 5.80. The molecule has 0 saturated carbocycles. The summed E-state index contributed by atoms with van der Waals surface area (Å²) in [5.41, 5.74) is 3.34. The Morgan fingerprint density at radius 3 is 2.55 bits per heavy atom. The van der Waals surface area contributed by atoms with Crippen molar-refractivity contribution in [3.8, 4) is 0 Å². The van der Waals surface area contributed by atoms with Gasteiger partial charge in [0.25, 0.3) is 0 Å². The highest BCUT2D eigenvalue weighted by atomic mass is 16.5. The predicted molar refractivity (Wildman–Crippen MR) is 80.0 cm³/mol. The zero-order valence-electron chi connectivity index (χ0n) is 12.7. The fourth-order valence-corrected chi connectivity index (χ4v) is 3.74. The fourth-order valence-electron chi connectivity index (χ4n) is 3.74. The van der Waals surface area contributed by atoms with Gasteiger partial charge in [-0.05, 0) is 50.4 Å². The number of hydrogen-bond donors (Lipinski definition) is 1. The molecule has 0 amide bonds. The first-order chi connectivity index (χ1) is 9.48. The van der Waals surface area contributed by atoms with Crippen LogP contribution in [-0.4, -0.2) is 48.0 Å². The van der Waals surface area contributed by atoms with Crippen molar-refractivity contribution in [3.05, 3.63) is 34.9 Å². The van der Waals surface area contributed by atoms with Crippen molar-refractivity contribution in [1.29, 1.82) is 0 Å². The number of morpholine rings is 1. The summed E-state index contributed by atoms with van der Waals surface area (Å²) in [5, 5.41) is 11.1. The Morgan fingerprint density at radius 1 is 1.25 bits per heavy atom. The lowest BCUT2D eigenvalue weighted by Crippen LogP contribution is -2.60. The number of benzene rings is 1. The smallest absolute Gasteiger partial charge is 0.0719 e. The van der Waals surface area contributed by atoms with Crippen molar-refractivity contribution in [2.24, 2.45) is 0 Å². The number of rotatable bonds is 2. The summed E-state index contributed by atoms with van der Waals surface area (Å²) in [4.78, 5) is 2.39. The number of piperidine rings is 1. The van der Waals surface area contributed by atoms with Crippen LogP contribution in [0.4, 0.5) is 0 Å². The molecule has 3 heteroatoms. The van der Waals surface area contributed by atoms with Crippen LogP contribution in [0.25, 0.3) is 0 Å². The Hall–Kier alpha value is -0.900. The summed E-state index contributed by atoms with van der Waals surface area (Å²) in [5.74, 6) is 0. The van der Waals surface area contributed by atoms with Gasteiger partial charge < -0.3 is 9.84 Å². The molecule has 2 unspecified atom stereocenters. The molecule has 0 radical (unpaired) electrons. The molecule has 0 aromatic heterocycles. The van der Waals surface area contributed by atoms with E-state index in [4.69, 9.17) is 4.74 Å². The van der Waals surface area contributed by atoms with E-state index in [1.165, 1.54) is 16.7 Å². The van der Waals surface area contributed by atoms with Crippen LogP contribution in [0.5, 0.6) is 0 Å². The Morgan fingerprint density at radius 2 is 1.90 bits per heavy atom. The second-order valence-corrected chi connectivity index (χ2v) is 6.68. The van der Waals surface area contributed by atoms with Gasteiger partial charge in [0.15, 0.2) is 0 Å². The minimum absolute atomic E-state index is 0.359. The Bertz CT molecular complexity index is 486. The Labute approximate surface area is 121 Å². The van der Waals surface area contributed by atoms with E-state index >= 15 is 0 Å². The van der Waals surface area contributed by atoms with E-state index in [-0.39, 0.29) is 0 Å².